The van der Waals surface area contributed by atoms with Crippen LogP contribution in [0.4, 0.5) is 16.3 Å². The van der Waals surface area contributed by atoms with Gasteiger partial charge in [0.2, 0.25) is 0 Å². The van der Waals surface area contributed by atoms with Gasteiger partial charge in [0.1, 0.15) is 30.7 Å². The second-order valence-corrected chi connectivity index (χ2v) is 6.50. The molecule has 3 aromatic rings. The largest absolute Gasteiger partial charge is 0.489 e. The molecule has 1 aromatic carbocycles. The van der Waals surface area contributed by atoms with Crippen LogP contribution < -0.4 is 9.64 Å². The van der Waals surface area contributed by atoms with Gasteiger partial charge in [-0.1, -0.05) is 23.9 Å². The molecule has 1 fully saturated rings. The lowest BCUT2D eigenvalue weighted by Gasteiger charge is -2.31. The van der Waals surface area contributed by atoms with Gasteiger partial charge in [-0.3, -0.25) is 4.90 Å². The number of fused-ring (bicyclic) bond motifs is 3. The summed E-state index contributed by atoms with van der Waals surface area (Å²) in [6.45, 7) is 7.74. The van der Waals surface area contributed by atoms with Crippen LogP contribution in [0, 0.1) is 6.57 Å². The number of rotatable bonds is 3. The van der Waals surface area contributed by atoms with Crippen molar-refractivity contribution in [3.63, 3.8) is 0 Å². The number of hydrogen-bond donors (Lipinski definition) is 0. The minimum Gasteiger partial charge on any atom is -0.489 e. The Bertz CT molecular complexity index is 1070. The number of carbonyl (C=O) groups excluding carboxylic acids is 1. The maximum absolute atomic E-state index is 12.5. The van der Waals surface area contributed by atoms with Gasteiger partial charge in [-0.15, -0.1) is 10.1 Å². The number of hydrogen-bond acceptors (Lipinski definition) is 6. The lowest BCUT2D eigenvalue weighted by atomic mass is 10.0. The van der Waals surface area contributed by atoms with Crippen LogP contribution in [-0.2, 0) is 11.3 Å². The molecule has 0 unspecified atom stereocenters. The molecule has 5 rings (SSSR count). The Labute approximate surface area is 159 Å². The Hall–Kier alpha value is -3.93. The average Bonchev–Trinajstić information content (AvgIpc) is 3.36. The van der Waals surface area contributed by atoms with Crippen molar-refractivity contribution in [1.29, 1.82) is 0 Å². The molecule has 0 saturated carbocycles. The van der Waals surface area contributed by atoms with Crippen LogP contribution in [0.15, 0.2) is 48.9 Å². The monoisotopic (exact) mass is 374 g/mol. The second-order valence-electron chi connectivity index (χ2n) is 6.50. The Morgan fingerprint density at radius 1 is 1.25 bits per heavy atom. The summed E-state index contributed by atoms with van der Waals surface area (Å²) in [7, 11) is 0. The van der Waals surface area contributed by atoms with Gasteiger partial charge in [0.25, 0.3) is 5.82 Å². The average molecular weight is 374 g/mol. The molecule has 2 atom stereocenters. The quantitative estimate of drug-likeness (QED) is 0.655. The summed E-state index contributed by atoms with van der Waals surface area (Å²) < 4.78 is 13.2. The van der Waals surface area contributed by atoms with E-state index in [1.807, 2.05) is 24.3 Å². The normalized spacial score (nSPS) is 20.0. The van der Waals surface area contributed by atoms with Crippen molar-refractivity contribution in [2.75, 3.05) is 11.5 Å². The lowest BCUT2D eigenvalue weighted by Crippen LogP contribution is -2.45. The highest BCUT2D eigenvalue weighted by molar-refractivity contribution is 5.94. The van der Waals surface area contributed by atoms with Crippen molar-refractivity contribution in [3.05, 3.63) is 60.3 Å². The van der Waals surface area contributed by atoms with Gasteiger partial charge < -0.3 is 14.3 Å². The second kappa shape index (κ2) is 6.35. The molecule has 1 amide bonds. The van der Waals surface area contributed by atoms with E-state index in [2.05, 4.69) is 20.1 Å². The first-order chi connectivity index (χ1) is 13.7. The molecule has 4 heterocycles. The predicted octanol–water partition coefficient (Wildman–Crippen LogP) is 2.68. The Morgan fingerprint density at radius 2 is 2.14 bits per heavy atom. The molecule has 28 heavy (non-hydrogen) atoms. The molecule has 1 saturated heterocycles. The number of amides is 1. The molecule has 2 aliphatic rings. The number of aromatic nitrogens is 4. The number of nitrogens with zero attached hydrogens (tertiary/aromatic N) is 6. The summed E-state index contributed by atoms with van der Waals surface area (Å²) in [4.78, 5) is 21.5. The number of pyridine rings is 1. The molecule has 0 aliphatic carbocycles. The van der Waals surface area contributed by atoms with Crippen LogP contribution in [0.25, 0.3) is 16.0 Å². The summed E-state index contributed by atoms with van der Waals surface area (Å²) in [6.07, 6.45) is 4.21. The number of benzene rings is 1. The van der Waals surface area contributed by atoms with E-state index >= 15 is 0 Å². The van der Waals surface area contributed by atoms with Crippen molar-refractivity contribution in [3.8, 4) is 16.9 Å². The topological polar surface area (TPSA) is 86.7 Å². The third kappa shape index (κ3) is 2.63. The zero-order chi connectivity index (χ0) is 19.1. The molecule has 9 heteroatoms. The van der Waals surface area contributed by atoms with Crippen LogP contribution in [0.1, 0.15) is 0 Å². The minimum absolute atomic E-state index is 0.227. The van der Waals surface area contributed by atoms with E-state index in [-0.39, 0.29) is 12.1 Å². The molecule has 0 bridgehead atoms. The molecule has 2 aliphatic heterocycles. The highest BCUT2D eigenvalue weighted by Crippen LogP contribution is 2.41. The molecule has 2 aromatic heterocycles. The summed E-state index contributed by atoms with van der Waals surface area (Å²) in [5.41, 5.74) is 2.44. The van der Waals surface area contributed by atoms with E-state index in [4.69, 9.17) is 16.0 Å². The fourth-order valence-electron chi connectivity index (χ4n) is 3.51. The molecule has 0 radical (unpaired) electrons. The molecule has 9 nitrogen and oxygen atoms in total. The third-order valence-electron chi connectivity index (χ3n) is 4.87. The zero-order valence-corrected chi connectivity index (χ0v) is 14.6. The van der Waals surface area contributed by atoms with Gasteiger partial charge in [0.15, 0.2) is 0 Å². The van der Waals surface area contributed by atoms with E-state index in [0.717, 1.165) is 11.1 Å². The Morgan fingerprint density at radius 3 is 2.89 bits per heavy atom. The van der Waals surface area contributed by atoms with Gasteiger partial charge >= 0.3 is 6.09 Å². The van der Waals surface area contributed by atoms with Gasteiger partial charge in [-0.2, -0.15) is 0 Å². The number of cyclic esters (lactones) is 1. The first-order valence-electron chi connectivity index (χ1n) is 8.67. The molecule has 0 spiro atoms. The van der Waals surface area contributed by atoms with E-state index in [1.54, 1.807) is 34.2 Å². The van der Waals surface area contributed by atoms with Gasteiger partial charge in [-0.25, -0.2) is 9.48 Å². The Balaban J connectivity index is 1.43. The fourth-order valence-corrected chi connectivity index (χ4v) is 3.51. The van der Waals surface area contributed by atoms with Crippen LogP contribution in [0.3, 0.4) is 0 Å². The van der Waals surface area contributed by atoms with Crippen LogP contribution in [0.5, 0.6) is 5.75 Å². The SMILES string of the molecule is [C-]#[N+]c1ccc(-c2ccc3c(c2)OC[C@H]2[C@H](Cn4ccnn4)OC(=O)N32)cn1. The maximum atomic E-state index is 12.5. The Kier molecular flexibility index (Phi) is 3.69. The predicted molar refractivity (Wildman–Crippen MR) is 98.0 cm³/mol. The van der Waals surface area contributed by atoms with Crippen molar-refractivity contribution < 1.29 is 14.3 Å². The molecule has 138 valence electrons. The summed E-state index contributed by atoms with van der Waals surface area (Å²) in [5, 5.41) is 7.71. The summed E-state index contributed by atoms with van der Waals surface area (Å²) >= 11 is 0. The van der Waals surface area contributed by atoms with Crippen molar-refractivity contribution in [2.24, 2.45) is 0 Å². The van der Waals surface area contributed by atoms with Gasteiger partial charge in [0, 0.05) is 11.8 Å². The van der Waals surface area contributed by atoms with Crippen LogP contribution >= 0.6 is 0 Å². The number of carbonyl (C=O) groups is 1. The molecular formula is C19H14N6O3. The van der Waals surface area contributed by atoms with Crippen LogP contribution in [0.2, 0.25) is 0 Å². The maximum Gasteiger partial charge on any atom is 0.415 e. The highest BCUT2D eigenvalue weighted by Gasteiger charge is 2.46. The first-order valence-corrected chi connectivity index (χ1v) is 8.67. The lowest BCUT2D eigenvalue weighted by molar-refractivity contribution is 0.106. The van der Waals surface area contributed by atoms with Gasteiger partial charge in [-0.05, 0) is 23.8 Å². The fraction of sp³-hybridized carbons (Fsp3) is 0.211. The van der Waals surface area contributed by atoms with Gasteiger partial charge in [0.05, 0.1) is 18.4 Å². The van der Waals surface area contributed by atoms with Crippen molar-refractivity contribution in [2.45, 2.75) is 18.7 Å². The van der Waals surface area contributed by atoms with Crippen molar-refractivity contribution >= 4 is 17.6 Å². The zero-order valence-electron chi connectivity index (χ0n) is 14.6. The molecule has 0 N–H and O–H groups in total. The molecular weight excluding hydrogens is 360 g/mol. The number of anilines is 1. The third-order valence-corrected chi connectivity index (χ3v) is 4.87. The standard InChI is InChI=1S/C19H14N6O3/c1-20-18-5-3-13(9-21-18)12-2-4-14-16(8-12)27-11-15-17(28-19(26)25(14)15)10-24-7-6-22-23-24/h2-9,15,17H,10-11H2/t15-,17-/m0/s1. The number of ether oxygens (including phenoxy) is 2. The first kappa shape index (κ1) is 16.3. The highest BCUT2D eigenvalue weighted by atomic mass is 16.6. The van der Waals surface area contributed by atoms with E-state index in [0.29, 0.717) is 30.4 Å². The van der Waals surface area contributed by atoms with E-state index in [1.165, 1.54) is 0 Å². The van der Waals surface area contributed by atoms with E-state index in [9.17, 15) is 4.79 Å². The summed E-state index contributed by atoms with van der Waals surface area (Å²) in [6, 6.07) is 8.90. The van der Waals surface area contributed by atoms with Crippen molar-refractivity contribution in [1.82, 2.24) is 20.0 Å². The minimum atomic E-state index is -0.393. The van der Waals surface area contributed by atoms with E-state index < -0.39 is 6.09 Å². The summed E-state index contributed by atoms with van der Waals surface area (Å²) in [5.74, 6) is 0.959. The van der Waals surface area contributed by atoms with Crippen LogP contribution in [-0.4, -0.2) is 44.8 Å². The smallest absolute Gasteiger partial charge is 0.415 e.